The zero-order valence-electron chi connectivity index (χ0n) is 6.45. The number of rotatable bonds is 0. The average molecular weight is 128 g/mol. The molecule has 0 rings (SSSR count). The van der Waals surface area contributed by atoms with Crippen LogP contribution in [0, 0.1) is 5.41 Å². The van der Waals surface area contributed by atoms with E-state index < -0.39 is 0 Å². The third kappa shape index (κ3) is 5.14. The molecule has 0 aliphatic carbocycles. The molecular weight excluding hydrogens is 114 g/mol. The minimum Gasteiger partial charge on any atom is -0.358 e. The first-order valence-electron chi connectivity index (χ1n) is 2.95. The highest BCUT2D eigenvalue weighted by Crippen LogP contribution is 1.98. The Morgan fingerprint density at radius 3 is 2.00 bits per heavy atom. The van der Waals surface area contributed by atoms with Crippen molar-refractivity contribution >= 4 is 5.96 Å². The van der Waals surface area contributed by atoms with E-state index in [1.807, 2.05) is 20.8 Å². The van der Waals surface area contributed by atoms with Crippen molar-refractivity contribution in [3.63, 3.8) is 0 Å². The molecular formula is C6H14N3. The number of nitrogens with one attached hydrogen (secondary N) is 2. The largest absolute Gasteiger partial charge is 0.358 e. The summed E-state index contributed by atoms with van der Waals surface area (Å²) in [6.07, 6.45) is 0. The third-order valence-corrected chi connectivity index (χ3v) is 0.684. The summed E-state index contributed by atoms with van der Waals surface area (Å²) >= 11 is 0. The molecule has 0 heterocycles. The highest BCUT2D eigenvalue weighted by Gasteiger charge is 2.11. The number of guanidine groups is 1. The molecule has 0 amide bonds. The molecule has 0 spiro atoms. The Hall–Kier alpha value is -0.730. The van der Waals surface area contributed by atoms with Crippen LogP contribution in [-0.4, -0.2) is 18.5 Å². The van der Waals surface area contributed by atoms with Gasteiger partial charge in [0.15, 0.2) is 0 Å². The minimum absolute atomic E-state index is 0.139. The maximum Gasteiger partial charge on any atom is 0.210 e. The molecule has 9 heavy (non-hydrogen) atoms. The van der Waals surface area contributed by atoms with Gasteiger partial charge in [-0.05, 0) is 20.8 Å². The van der Waals surface area contributed by atoms with E-state index in [4.69, 9.17) is 5.41 Å². The van der Waals surface area contributed by atoms with Gasteiger partial charge in [0.1, 0.15) is 0 Å². The summed E-state index contributed by atoms with van der Waals surface area (Å²) in [5.74, 6) is 0.238. The van der Waals surface area contributed by atoms with Gasteiger partial charge >= 0.3 is 0 Å². The predicted molar refractivity (Wildman–Crippen MR) is 38.7 cm³/mol. The Morgan fingerprint density at radius 1 is 1.44 bits per heavy atom. The minimum atomic E-state index is -0.139. The lowest BCUT2D eigenvalue weighted by Gasteiger charge is -2.17. The number of hydrogen-bond acceptors (Lipinski definition) is 1. The molecule has 0 bridgehead atoms. The first-order valence-corrected chi connectivity index (χ1v) is 2.95. The second kappa shape index (κ2) is 2.71. The van der Waals surface area contributed by atoms with E-state index in [0.717, 1.165) is 0 Å². The van der Waals surface area contributed by atoms with Crippen molar-refractivity contribution in [2.24, 2.45) is 0 Å². The van der Waals surface area contributed by atoms with Gasteiger partial charge in [0.05, 0.1) is 5.54 Å². The lowest BCUT2D eigenvalue weighted by molar-refractivity contribution is 0.494. The van der Waals surface area contributed by atoms with Crippen molar-refractivity contribution in [3.8, 4) is 0 Å². The lowest BCUT2D eigenvalue weighted by atomic mass is 10.1. The van der Waals surface area contributed by atoms with Crippen LogP contribution in [0.15, 0.2) is 0 Å². The molecule has 0 aromatic rings. The maximum absolute atomic E-state index is 7.12. The molecule has 0 aliphatic rings. The van der Waals surface area contributed by atoms with Gasteiger partial charge in [-0.1, -0.05) is 0 Å². The molecule has 3 heteroatoms. The fraction of sp³-hybridized carbons (Fsp3) is 0.833. The molecule has 0 aromatic carbocycles. The summed E-state index contributed by atoms with van der Waals surface area (Å²) in [5, 5.41) is 13.8. The lowest BCUT2D eigenvalue weighted by Crippen LogP contribution is -2.39. The number of hydrogen-bond donors (Lipinski definition) is 2. The van der Waals surface area contributed by atoms with Crippen LogP contribution in [-0.2, 0) is 0 Å². The molecule has 0 saturated heterocycles. The Labute approximate surface area is 56.3 Å². The molecule has 0 unspecified atom stereocenters. The Morgan fingerprint density at radius 2 is 1.89 bits per heavy atom. The van der Waals surface area contributed by atoms with Crippen molar-refractivity contribution in [2.75, 3.05) is 7.05 Å². The van der Waals surface area contributed by atoms with E-state index in [1.54, 1.807) is 7.05 Å². The van der Waals surface area contributed by atoms with E-state index in [0.29, 0.717) is 0 Å². The Balaban J connectivity index is 3.60. The maximum atomic E-state index is 7.12. The monoisotopic (exact) mass is 128 g/mol. The third-order valence-electron chi connectivity index (χ3n) is 0.684. The molecule has 2 N–H and O–H groups in total. The second-order valence-electron chi connectivity index (χ2n) is 2.88. The van der Waals surface area contributed by atoms with Crippen molar-refractivity contribution in [2.45, 2.75) is 26.3 Å². The van der Waals surface area contributed by atoms with Gasteiger partial charge in [-0.2, -0.15) is 0 Å². The van der Waals surface area contributed by atoms with Crippen LogP contribution in [0.2, 0.25) is 0 Å². The topological polar surface area (TPSA) is 50.0 Å². The van der Waals surface area contributed by atoms with E-state index >= 15 is 0 Å². The van der Waals surface area contributed by atoms with Gasteiger partial charge in [-0.25, -0.2) is 5.32 Å². The molecule has 0 atom stereocenters. The van der Waals surface area contributed by atoms with E-state index in [9.17, 15) is 0 Å². The summed E-state index contributed by atoms with van der Waals surface area (Å²) in [6.45, 7) is 5.87. The first-order chi connectivity index (χ1) is 3.95. The van der Waals surface area contributed by atoms with Gasteiger partial charge in [0.25, 0.3) is 0 Å². The molecule has 1 radical (unpaired) electrons. The summed E-state index contributed by atoms with van der Waals surface area (Å²) in [6, 6.07) is 0. The quantitative estimate of drug-likeness (QED) is 0.363. The van der Waals surface area contributed by atoms with E-state index in [2.05, 4.69) is 10.6 Å². The SMILES string of the molecule is CNC(=N)[N]C(C)(C)C. The van der Waals surface area contributed by atoms with Crippen molar-refractivity contribution in [3.05, 3.63) is 0 Å². The summed E-state index contributed by atoms with van der Waals surface area (Å²) < 4.78 is 0. The fourth-order valence-electron chi connectivity index (χ4n) is 0.391. The molecule has 3 nitrogen and oxygen atoms in total. The number of nitrogens with zero attached hydrogens (tertiary/aromatic N) is 1. The smallest absolute Gasteiger partial charge is 0.210 e. The first kappa shape index (κ1) is 8.27. The predicted octanol–water partition coefficient (Wildman–Crippen LogP) is 0.543. The average Bonchev–Trinajstić information content (AvgIpc) is 1.62. The van der Waals surface area contributed by atoms with Crippen molar-refractivity contribution < 1.29 is 0 Å². The van der Waals surface area contributed by atoms with Crippen molar-refractivity contribution in [1.29, 1.82) is 5.41 Å². The van der Waals surface area contributed by atoms with E-state index in [1.165, 1.54) is 0 Å². The zero-order chi connectivity index (χ0) is 7.49. The van der Waals surface area contributed by atoms with Gasteiger partial charge in [-0.15, -0.1) is 0 Å². The Kier molecular flexibility index (Phi) is 2.49. The molecule has 53 valence electrons. The molecule has 0 aromatic heterocycles. The van der Waals surface area contributed by atoms with Crippen LogP contribution in [0.4, 0.5) is 0 Å². The summed E-state index contributed by atoms with van der Waals surface area (Å²) in [4.78, 5) is 0. The van der Waals surface area contributed by atoms with Crippen LogP contribution in [0.1, 0.15) is 20.8 Å². The zero-order valence-corrected chi connectivity index (χ0v) is 6.45. The van der Waals surface area contributed by atoms with Gasteiger partial charge in [0.2, 0.25) is 5.96 Å². The van der Waals surface area contributed by atoms with Crippen LogP contribution >= 0.6 is 0 Å². The normalized spacial score (nSPS) is 10.7. The summed E-state index contributed by atoms with van der Waals surface area (Å²) in [5.41, 5.74) is -0.139. The van der Waals surface area contributed by atoms with Gasteiger partial charge < -0.3 is 5.32 Å². The molecule has 0 saturated carbocycles. The highest BCUT2D eigenvalue weighted by molar-refractivity contribution is 5.76. The van der Waals surface area contributed by atoms with Gasteiger partial charge in [0, 0.05) is 7.05 Å². The molecule has 0 fully saturated rings. The second-order valence-corrected chi connectivity index (χ2v) is 2.88. The van der Waals surface area contributed by atoms with Crippen LogP contribution in [0.5, 0.6) is 0 Å². The van der Waals surface area contributed by atoms with E-state index in [-0.39, 0.29) is 11.5 Å². The summed E-state index contributed by atoms with van der Waals surface area (Å²) in [7, 11) is 1.69. The fourth-order valence-corrected chi connectivity index (χ4v) is 0.391. The van der Waals surface area contributed by atoms with Crippen LogP contribution in [0.25, 0.3) is 0 Å². The van der Waals surface area contributed by atoms with Crippen LogP contribution in [0.3, 0.4) is 0 Å². The Bertz CT molecular complexity index is 101. The highest BCUT2D eigenvalue weighted by atomic mass is 15.1. The van der Waals surface area contributed by atoms with Crippen molar-refractivity contribution in [1.82, 2.24) is 10.6 Å². The standard InChI is InChI=1S/C6H14N3/c1-6(2,3)9-5(7)8-4/h1-4H3,(H2,7,8). The van der Waals surface area contributed by atoms with Gasteiger partial charge in [-0.3, -0.25) is 5.41 Å². The van der Waals surface area contributed by atoms with Crippen LogP contribution < -0.4 is 10.6 Å². The molecule has 0 aliphatic heterocycles.